The second kappa shape index (κ2) is 5.32. The fraction of sp³-hybridized carbons (Fsp3) is 0.400. The van der Waals surface area contributed by atoms with Crippen molar-refractivity contribution in [1.29, 1.82) is 0 Å². The Hall–Kier alpha value is -1.67. The number of rotatable bonds is 5. The summed E-state index contributed by atoms with van der Waals surface area (Å²) in [5.74, 6) is 0. The zero-order chi connectivity index (χ0) is 13.9. The highest BCUT2D eigenvalue weighted by molar-refractivity contribution is 7.89. The summed E-state index contributed by atoms with van der Waals surface area (Å²) in [5.41, 5.74) is 4.97. The van der Waals surface area contributed by atoms with E-state index in [1.807, 2.05) is 6.92 Å². The van der Waals surface area contributed by atoms with Crippen LogP contribution in [-0.4, -0.2) is 19.4 Å². The minimum Gasteiger partial charge on any atom is -0.393 e. The largest absolute Gasteiger partial charge is 0.393 e. The van der Waals surface area contributed by atoms with Crippen molar-refractivity contribution in [2.45, 2.75) is 31.2 Å². The van der Waals surface area contributed by atoms with Gasteiger partial charge in [-0.2, -0.15) is 0 Å². The van der Waals surface area contributed by atoms with Crippen LogP contribution >= 0.6 is 0 Å². The van der Waals surface area contributed by atoms with Gasteiger partial charge in [-0.25, -0.2) is 13.1 Å². The second-order valence-corrected chi connectivity index (χ2v) is 5.62. The first-order valence-electron chi connectivity index (χ1n) is 5.34. The molecule has 1 rings (SSSR count). The molecule has 0 amide bonds. The van der Waals surface area contributed by atoms with E-state index >= 15 is 0 Å². The molecule has 0 bridgehead atoms. The predicted octanol–water partition coefficient (Wildman–Crippen LogP) is 1.25. The Balaban J connectivity index is 3.12. The Morgan fingerprint density at radius 3 is 2.56 bits per heavy atom. The summed E-state index contributed by atoms with van der Waals surface area (Å²) in [6.07, 6.45) is 0.641. The van der Waals surface area contributed by atoms with E-state index in [2.05, 4.69) is 4.72 Å². The number of hydrogen-bond acceptors (Lipinski definition) is 5. The molecule has 0 spiro atoms. The monoisotopic (exact) mass is 273 g/mol. The van der Waals surface area contributed by atoms with Crippen LogP contribution in [0.4, 0.5) is 11.4 Å². The van der Waals surface area contributed by atoms with Crippen LogP contribution < -0.4 is 10.5 Å². The van der Waals surface area contributed by atoms with Crippen molar-refractivity contribution in [2.75, 3.05) is 5.73 Å². The quantitative estimate of drug-likeness (QED) is 0.476. The predicted molar refractivity (Wildman–Crippen MR) is 67.6 cm³/mol. The first-order chi connectivity index (χ1) is 8.27. The minimum atomic E-state index is -3.69. The third kappa shape index (κ3) is 3.17. The minimum absolute atomic E-state index is 0.0779. The fourth-order valence-electron chi connectivity index (χ4n) is 1.28. The molecule has 8 heteroatoms. The molecule has 0 saturated carbocycles. The van der Waals surface area contributed by atoms with Crippen molar-refractivity contribution in [3.05, 3.63) is 28.3 Å². The van der Waals surface area contributed by atoms with Gasteiger partial charge >= 0.3 is 0 Å². The van der Waals surface area contributed by atoms with Crippen molar-refractivity contribution in [3.8, 4) is 0 Å². The summed E-state index contributed by atoms with van der Waals surface area (Å²) in [6.45, 7) is 3.57. The number of benzene rings is 1. The summed E-state index contributed by atoms with van der Waals surface area (Å²) >= 11 is 0. The molecule has 1 unspecified atom stereocenters. The van der Waals surface area contributed by atoms with Gasteiger partial charge in [0.1, 0.15) is 5.69 Å². The van der Waals surface area contributed by atoms with Crippen LogP contribution in [0.1, 0.15) is 20.3 Å². The van der Waals surface area contributed by atoms with Gasteiger partial charge in [-0.15, -0.1) is 0 Å². The molecule has 7 nitrogen and oxygen atoms in total. The number of nitro groups is 1. The van der Waals surface area contributed by atoms with Gasteiger partial charge in [0.2, 0.25) is 10.0 Å². The zero-order valence-corrected chi connectivity index (χ0v) is 10.9. The highest BCUT2D eigenvalue weighted by Gasteiger charge is 2.20. The smallest absolute Gasteiger partial charge is 0.292 e. The third-order valence-corrected chi connectivity index (χ3v) is 4.06. The molecule has 0 fully saturated rings. The molecule has 1 atom stereocenters. The number of nitrogen functional groups attached to an aromatic ring is 1. The lowest BCUT2D eigenvalue weighted by Crippen LogP contribution is -2.32. The molecule has 0 aliphatic heterocycles. The lowest BCUT2D eigenvalue weighted by Gasteiger charge is -2.12. The van der Waals surface area contributed by atoms with Gasteiger partial charge in [0, 0.05) is 12.1 Å². The molecule has 3 N–H and O–H groups in total. The summed E-state index contributed by atoms with van der Waals surface area (Å²) in [4.78, 5) is 9.83. The molecule has 0 saturated heterocycles. The normalized spacial score (nSPS) is 13.2. The molecule has 0 aliphatic rings. The molecule has 1 aromatic rings. The third-order valence-electron chi connectivity index (χ3n) is 2.47. The van der Waals surface area contributed by atoms with Crippen LogP contribution in [-0.2, 0) is 10.0 Å². The van der Waals surface area contributed by atoms with Gasteiger partial charge in [-0.1, -0.05) is 6.92 Å². The van der Waals surface area contributed by atoms with Crippen LogP contribution in [0.3, 0.4) is 0 Å². The van der Waals surface area contributed by atoms with E-state index in [1.165, 1.54) is 6.07 Å². The maximum absolute atomic E-state index is 11.9. The molecule has 1 aromatic carbocycles. The number of sulfonamides is 1. The van der Waals surface area contributed by atoms with E-state index in [0.29, 0.717) is 6.42 Å². The first kappa shape index (κ1) is 14.4. The second-order valence-electron chi connectivity index (χ2n) is 3.91. The Labute approximate surface area is 105 Å². The van der Waals surface area contributed by atoms with Crippen LogP contribution in [0.2, 0.25) is 0 Å². The van der Waals surface area contributed by atoms with Crippen LogP contribution in [0.25, 0.3) is 0 Å². The molecule has 100 valence electrons. The molecule has 0 aromatic heterocycles. The number of anilines is 1. The van der Waals surface area contributed by atoms with E-state index in [-0.39, 0.29) is 22.3 Å². The number of hydrogen-bond donors (Lipinski definition) is 2. The molecule has 0 radical (unpaired) electrons. The molecule has 0 heterocycles. The van der Waals surface area contributed by atoms with Crippen molar-refractivity contribution >= 4 is 21.4 Å². The van der Waals surface area contributed by atoms with Gasteiger partial charge < -0.3 is 5.73 Å². The molecular formula is C10H15N3O4S. The van der Waals surface area contributed by atoms with Crippen molar-refractivity contribution in [2.24, 2.45) is 0 Å². The van der Waals surface area contributed by atoms with E-state index in [1.54, 1.807) is 6.92 Å². The lowest BCUT2D eigenvalue weighted by molar-refractivity contribution is -0.383. The standard InChI is InChI=1S/C10H15N3O4S/c1-3-7(2)12-18(16,17)8-4-5-10(13(14)15)9(11)6-8/h4-7,12H,3,11H2,1-2H3. The Morgan fingerprint density at radius 2 is 2.11 bits per heavy atom. The molecule has 18 heavy (non-hydrogen) atoms. The summed E-state index contributed by atoms with van der Waals surface area (Å²) < 4.78 is 26.2. The fourth-order valence-corrected chi connectivity index (χ4v) is 2.64. The van der Waals surface area contributed by atoms with Gasteiger partial charge in [0.05, 0.1) is 9.82 Å². The number of nitrogens with zero attached hydrogens (tertiary/aromatic N) is 1. The van der Waals surface area contributed by atoms with Gasteiger partial charge in [-0.05, 0) is 25.5 Å². The SMILES string of the molecule is CCC(C)NS(=O)(=O)c1ccc([N+](=O)[O-])c(N)c1. The summed E-state index contributed by atoms with van der Waals surface area (Å²) in [5, 5.41) is 10.6. The Morgan fingerprint density at radius 1 is 1.50 bits per heavy atom. The van der Waals surface area contributed by atoms with Gasteiger partial charge in [0.15, 0.2) is 0 Å². The van der Waals surface area contributed by atoms with E-state index in [9.17, 15) is 18.5 Å². The molecule has 0 aliphatic carbocycles. The highest BCUT2D eigenvalue weighted by atomic mass is 32.2. The lowest BCUT2D eigenvalue weighted by atomic mass is 10.3. The zero-order valence-electron chi connectivity index (χ0n) is 10.1. The Kier molecular flexibility index (Phi) is 4.25. The molecular weight excluding hydrogens is 258 g/mol. The Bertz CT molecular complexity index is 556. The van der Waals surface area contributed by atoms with Crippen LogP contribution in [0.15, 0.2) is 23.1 Å². The average molecular weight is 273 g/mol. The summed E-state index contributed by atoms with van der Waals surface area (Å²) in [7, 11) is -3.69. The van der Waals surface area contributed by atoms with Gasteiger partial charge in [0.25, 0.3) is 5.69 Å². The maximum atomic E-state index is 11.9. The maximum Gasteiger partial charge on any atom is 0.292 e. The van der Waals surface area contributed by atoms with Crippen molar-refractivity contribution in [1.82, 2.24) is 4.72 Å². The van der Waals surface area contributed by atoms with E-state index in [4.69, 9.17) is 5.73 Å². The number of nitrogens with two attached hydrogens (primary N) is 1. The topological polar surface area (TPSA) is 115 Å². The van der Waals surface area contributed by atoms with Crippen molar-refractivity contribution in [3.63, 3.8) is 0 Å². The highest BCUT2D eigenvalue weighted by Crippen LogP contribution is 2.24. The average Bonchev–Trinajstić information content (AvgIpc) is 2.27. The first-order valence-corrected chi connectivity index (χ1v) is 6.82. The van der Waals surface area contributed by atoms with Crippen molar-refractivity contribution < 1.29 is 13.3 Å². The number of nitrogens with one attached hydrogen (secondary N) is 1. The van der Waals surface area contributed by atoms with E-state index in [0.717, 1.165) is 12.1 Å². The van der Waals surface area contributed by atoms with Gasteiger partial charge in [-0.3, -0.25) is 10.1 Å². The van der Waals surface area contributed by atoms with E-state index < -0.39 is 14.9 Å². The number of nitro benzene ring substituents is 1. The summed E-state index contributed by atoms with van der Waals surface area (Å²) in [6, 6.07) is 3.12. The van der Waals surface area contributed by atoms with Crippen LogP contribution in [0.5, 0.6) is 0 Å². The van der Waals surface area contributed by atoms with Crippen LogP contribution in [0, 0.1) is 10.1 Å².